The van der Waals surface area contributed by atoms with Crippen LogP contribution in [-0.4, -0.2) is 34.3 Å². The van der Waals surface area contributed by atoms with Crippen LogP contribution in [0.3, 0.4) is 0 Å². The molecule has 0 bridgehead atoms. The number of nitrogens with one attached hydrogen (secondary N) is 2. The lowest BCUT2D eigenvalue weighted by molar-refractivity contribution is -0.123. The number of aryl methyl sites for hydroxylation is 1. The maximum absolute atomic E-state index is 11.9. The van der Waals surface area contributed by atoms with Crippen LogP contribution in [-0.2, 0) is 18.3 Å². The SMILES string of the molecule is CC1CCCC(C(=O)NCCc2cnn(C)c2)N1. The van der Waals surface area contributed by atoms with E-state index in [-0.39, 0.29) is 11.9 Å². The predicted molar refractivity (Wildman–Crippen MR) is 70.2 cm³/mol. The van der Waals surface area contributed by atoms with Gasteiger partial charge in [-0.15, -0.1) is 0 Å². The van der Waals surface area contributed by atoms with Crippen molar-refractivity contribution < 1.29 is 4.79 Å². The summed E-state index contributed by atoms with van der Waals surface area (Å²) in [5, 5.41) is 10.4. The smallest absolute Gasteiger partial charge is 0.237 e. The minimum Gasteiger partial charge on any atom is -0.354 e. The quantitative estimate of drug-likeness (QED) is 0.823. The average molecular weight is 250 g/mol. The molecule has 1 aliphatic rings. The summed E-state index contributed by atoms with van der Waals surface area (Å²) in [4.78, 5) is 11.9. The van der Waals surface area contributed by atoms with Gasteiger partial charge in [-0.2, -0.15) is 5.10 Å². The Kier molecular flexibility index (Phi) is 4.36. The van der Waals surface area contributed by atoms with Crippen LogP contribution < -0.4 is 10.6 Å². The number of carbonyl (C=O) groups is 1. The summed E-state index contributed by atoms with van der Waals surface area (Å²) in [5.41, 5.74) is 1.16. The first kappa shape index (κ1) is 13.1. The molecule has 2 unspecified atom stereocenters. The van der Waals surface area contributed by atoms with Gasteiger partial charge in [0.15, 0.2) is 0 Å². The largest absolute Gasteiger partial charge is 0.354 e. The van der Waals surface area contributed by atoms with Crippen LogP contribution in [0.25, 0.3) is 0 Å². The zero-order valence-corrected chi connectivity index (χ0v) is 11.1. The van der Waals surface area contributed by atoms with Gasteiger partial charge in [-0.3, -0.25) is 9.48 Å². The van der Waals surface area contributed by atoms with Crippen molar-refractivity contribution in [1.29, 1.82) is 0 Å². The first-order valence-corrected chi connectivity index (χ1v) is 6.66. The maximum Gasteiger partial charge on any atom is 0.237 e. The first-order chi connectivity index (χ1) is 8.65. The maximum atomic E-state index is 11.9. The molecule has 2 rings (SSSR count). The van der Waals surface area contributed by atoms with Gasteiger partial charge in [-0.25, -0.2) is 0 Å². The van der Waals surface area contributed by atoms with Gasteiger partial charge in [-0.05, 0) is 38.2 Å². The van der Waals surface area contributed by atoms with Crippen molar-refractivity contribution in [2.75, 3.05) is 6.54 Å². The van der Waals surface area contributed by atoms with Crippen LogP contribution in [0.15, 0.2) is 12.4 Å². The molecular weight excluding hydrogens is 228 g/mol. The minimum atomic E-state index is -0.0114. The Balaban J connectivity index is 1.71. The number of piperidine rings is 1. The molecule has 2 heterocycles. The molecule has 1 aromatic rings. The molecule has 1 aromatic heterocycles. The monoisotopic (exact) mass is 250 g/mol. The number of hydrogen-bond acceptors (Lipinski definition) is 3. The summed E-state index contributed by atoms with van der Waals surface area (Å²) in [6.45, 7) is 2.81. The van der Waals surface area contributed by atoms with E-state index in [4.69, 9.17) is 0 Å². The van der Waals surface area contributed by atoms with E-state index in [2.05, 4.69) is 22.7 Å². The Labute approximate surface area is 108 Å². The Bertz CT molecular complexity index is 401. The fraction of sp³-hybridized carbons (Fsp3) is 0.692. The van der Waals surface area contributed by atoms with E-state index in [0.29, 0.717) is 12.6 Å². The molecule has 2 N–H and O–H groups in total. The Morgan fingerprint density at radius 2 is 2.44 bits per heavy atom. The third kappa shape index (κ3) is 3.57. The van der Waals surface area contributed by atoms with E-state index in [1.165, 1.54) is 6.42 Å². The number of nitrogens with zero attached hydrogens (tertiary/aromatic N) is 2. The molecule has 1 saturated heterocycles. The van der Waals surface area contributed by atoms with Gasteiger partial charge in [0.1, 0.15) is 0 Å². The van der Waals surface area contributed by atoms with Crippen LogP contribution >= 0.6 is 0 Å². The lowest BCUT2D eigenvalue weighted by Gasteiger charge is -2.27. The second-order valence-electron chi connectivity index (χ2n) is 5.11. The highest BCUT2D eigenvalue weighted by Gasteiger charge is 2.23. The van der Waals surface area contributed by atoms with Crippen LogP contribution in [0.4, 0.5) is 0 Å². The van der Waals surface area contributed by atoms with Crippen molar-refractivity contribution in [2.24, 2.45) is 7.05 Å². The van der Waals surface area contributed by atoms with Gasteiger partial charge < -0.3 is 10.6 Å². The van der Waals surface area contributed by atoms with Crippen molar-refractivity contribution >= 4 is 5.91 Å². The second kappa shape index (κ2) is 6.00. The first-order valence-electron chi connectivity index (χ1n) is 6.66. The standard InChI is InChI=1S/C13H22N4O/c1-10-4-3-5-12(16-10)13(18)14-7-6-11-8-15-17(2)9-11/h8-10,12,16H,3-7H2,1-2H3,(H,14,18). The van der Waals surface area contributed by atoms with E-state index in [9.17, 15) is 4.79 Å². The van der Waals surface area contributed by atoms with Crippen LogP contribution in [0.1, 0.15) is 31.7 Å². The van der Waals surface area contributed by atoms with Gasteiger partial charge >= 0.3 is 0 Å². The van der Waals surface area contributed by atoms with Gasteiger partial charge in [0.05, 0.1) is 12.2 Å². The molecule has 1 fully saturated rings. The summed E-state index contributed by atoms with van der Waals surface area (Å²) in [6, 6.07) is 0.440. The molecular formula is C13H22N4O. The summed E-state index contributed by atoms with van der Waals surface area (Å²) in [6.07, 6.45) is 7.90. The summed E-state index contributed by atoms with van der Waals surface area (Å²) in [7, 11) is 1.90. The van der Waals surface area contributed by atoms with Crippen molar-refractivity contribution in [3.63, 3.8) is 0 Å². The molecule has 5 nitrogen and oxygen atoms in total. The predicted octanol–water partition coefficient (Wildman–Crippen LogP) is 0.609. The Morgan fingerprint density at radius 3 is 3.11 bits per heavy atom. The lowest BCUT2D eigenvalue weighted by atomic mass is 9.99. The molecule has 0 aromatic carbocycles. The summed E-state index contributed by atoms with van der Waals surface area (Å²) >= 11 is 0. The molecule has 0 saturated carbocycles. The van der Waals surface area contributed by atoms with E-state index < -0.39 is 0 Å². The molecule has 1 aliphatic heterocycles. The highest BCUT2D eigenvalue weighted by atomic mass is 16.2. The van der Waals surface area contributed by atoms with Crippen molar-refractivity contribution in [3.8, 4) is 0 Å². The third-order valence-electron chi connectivity index (χ3n) is 3.40. The highest BCUT2D eigenvalue weighted by molar-refractivity contribution is 5.81. The van der Waals surface area contributed by atoms with Gasteiger partial charge in [0.2, 0.25) is 5.91 Å². The normalized spacial score (nSPS) is 23.9. The molecule has 5 heteroatoms. The molecule has 1 amide bonds. The van der Waals surface area contributed by atoms with Gasteiger partial charge in [0, 0.05) is 25.8 Å². The topological polar surface area (TPSA) is 59.0 Å². The number of rotatable bonds is 4. The number of aromatic nitrogens is 2. The van der Waals surface area contributed by atoms with Gasteiger partial charge in [-0.1, -0.05) is 0 Å². The minimum absolute atomic E-state index is 0.0114. The van der Waals surface area contributed by atoms with Crippen LogP contribution in [0.5, 0.6) is 0 Å². The number of carbonyl (C=O) groups excluding carboxylic acids is 1. The van der Waals surface area contributed by atoms with E-state index in [0.717, 1.165) is 24.8 Å². The van der Waals surface area contributed by atoms with E-state index in [1.807, 2.05) is 19.4 Å². The summed E-state index contributed by atoms with van der Waals surface area (Å²) < 4.78 is 1.78. The second-order valence-corrected chi connectivity index (χ2v) is 5.11. The third-order valence-corrected chi connectivity index (χ3v) is 3.40. The number of amides is 1. The fourth-order valence-corrected chi connectivity index (χ4v) is 2.40. The van der Waals surface area contributed by atoms with Crippen molar-refractivity contribution in [2.45, 2.75) is 44.7 Å². The molecule has 0 radical (unpaired) electrons. The number of hydrogen-bond donors (Lipinski definition) is 2. The zero-order valence-electron chi connectivity index (χ0n) is 11.1. The van der Waals surface area contributed by atoms with E-state index >= 15 is 0 Å². The molecule has 2 atom stereocenters. The lowest BCUT2D eigenvalue weighted by Crippen LogP contribution is -2.50. The Morgan fingerprint density at radius 1 is 1.61 bits per heavy atom. The van der Waals surface area contributed by atoms with Gasteiger partial charge in [0.25, 0.3) is 0 Å². The molecule has 100 valence electrons. The molecule has 0 aliphatic carbocycles. The molecule has 0 spiro atoms. The van der Waals surface area contributed by atoms with Crippen LogP contribution in [0, 0.1) is 0 Å². The highest BCUT2D eigenvalue weighted by Crippen LogP contribution is 2.12. The fourth-order valence-electron chi connectivity index (χ4n) is 2.40. The summed E-state index contributed by atoms with van der Waals surface area (Å²) in [5.74, 6) is 0.130. The average Bonchev–Trinajstić information content (AvgIpc) is 2.75. The van der Waals surface area contributed by atoms with E-state index in [1.54, 1.807) is 4.68 Å². The Hall–Kier alpha value is -1.36. The zero-order chi connectivity index (χ0) is 13.0. The van der Waals surface area contributed by atoms with Crippen molar-refractivity contribution in [3.05, 3.63) is 18.0 Å². The van der Waals surface area contributed by atoms with Crippen LogP contribution in [0.2, 0.25) is 0 Å². The van der Waals surface area contributed by atoms with Crippen molar-refractivity contribution in [1.82, 2.24) is 20.4 Å². The molecule has 18 heavy (non-hydrogen) atoms.